The van der Waals surface area contributed by atoms with Crippen molar-refractivity contribution in [1.82, 2.24) is 0 Å². The molecule has 0 fully saturated rings. The van der Waals surface area contributed by atoms with Gasteiger partial charge >= 0.3 is 0 Å². The first kappa shape index (κ1) is 20.4. The van der Waals surface area contributed by atoms with E-state index < -0.39 is 0 Å². The predicted octanol–water partition coefficient (Wildman–Crippen LogP) is 8.25. The molecule has 4 aromatic rings. The van der Waals surface area contributed by atoms with Crippen LogP contribution in [0.15, 0.2) is 109 Å². The van der Waals surface area contributed by atoms with E-state index in [1.807, 2.05) is 84.9 Å². The van der Waals surface area contributed by atoms with Gasteiger partial charge < -0.3 is 5.32 Å². The zero-order valence-corrected chi connectivity index (χ0v) is 17.2. The highest BCUT2D eigenvalue weighted by Gasteiger charge is 1.92. The predicted molar refractivity (Wildman–Crippen MR) is 128 cm³/mol. The number of aryl methyl sites for hydroxylation is 1. The minimum Gasteiger partial charge on any atom is -0.356 e. The van der Waals surface area contributed by atoms with Gasteiger partial charge in [-0.15, -0.1) is 0 Å². The van der Waals surface area contributed by atoms with Crippen molar-refractivity contribution in [3.05, 3.63) is 131 Å². The van der Waals surface area contributed by atoms with Crippen LogP contribution < -0.4 is 5.32 Å². The third-order valence-corrected chi connectivity index (χ3v) is 4.60. The number of halogens is 1. The summed E-state index contributed by atoms with van der Waals surface area (Å²) in [4.78, 5) is 0. The molecule has 1 nitrogen and oxygen atoms in total. The summed E-state index contributed by atoms with van der Waals surface area (Å²) in [6.45, 7) is 2.11. The summed E-state index contributed by atoms with van der Waals surface area (Å²) in [5.41, 5.74) is 5.93. The van der Waals surface area contributed by atoms with Crippen molar-refractivity contribution in [2.24, 2.45) is 0 Å². The van der Waals surface area contributed by atoms with Gasteiger partial charge in [0.1, 0.15) is 0 Å². The van der Waals surface area contributed by atoms with E-state index in [1.54, 1.807) is 0 Å². The Morgan fingerprint density at radius 1 is 0.586 bits per heavy atom. The van der Waals surface area contributed by atoms with Crippen LogP contribution in [0.25, 0.3) is 12.2 Å². The molecule has 0 heterocycles. The average Bonchev–Trinajstić information content (AvgIpc) is 2.76. The van der Waals surface area contributed by atoms with E-state index >= 15 is 0 Å². The van der Waals surface area contributed by atoms with Crippen molar-refractivity contribution in [1.29, 1.82) is 0 Å². The Bertz CT molecular complexity index is 985. The molecule has 0 saturated heterocycles. The third-order valence-electron chi connectivity index (χ3n) is 4.35. The molecule has 0 aliphatic rings. The molecular weight excluding hydrogens is 374 g/mol. The monoisotopic (exact) mass is 397 g/mol. The lowest BCUT2D eigenvalue weighted by Crippen LogP contribution is -1.87. The molecule has 0 aromatic heterocycles. The number of nitrogens with one attached hydrogen (secondary N) is 1. The average molecular weight is 398 g/mol. The van der Waals surface area contributed by atoms with E-state index in [0.717, 1.165) is 22.0 Å². The number of hydrogen-bond donors (Lipinski definition) is 1. The lowest BCUT2D eigenvalue weighted by atomic mass is 10.1. The summed E-state index contributed by atoms with van der Waals surface area (Å²) in [5, 5.41) is 4.08. The standard InChI is InChI=1S/C15H13Cl.C12H11N/c1-12-4-2-3-5-14(12)9-6-13-7-10-15(16)11-8-13;1-3-7-11(8-4-1)13-12-9-5-2-6-10-12/h2-11H,1H3;1-10,13H. The van der Waals surface area contributed by atoms with Crippen LogP contribution >= 0.6 is 11.6 Å². The van der Waals surface area contributed by atoms with Crippen molar-refractivity contribution >= 4 is 35.1 Å². The summed E-state index contributed by atoms with van der Waals surface area (Å²) in [6, 6.07) is 36.4. The molecule has 4 rings (SSSR count). The summed E-state index contributed by atoms with van der Waals surface area (Å²) in [7, 11) is 0. The number of hydrogen-bond acceptors (Lipinski definition) is 1. The first-order chi connectivity index (χ1) is 14.2. The molecule has 1 N–H and O–H groups in total. The lowest BCUT2D eigenvalue weighted by molar-refractivity contribution is 1.45. The lowest BCUT2D eigenvalue weighted by Gasteiger charge is -2.04. The van der Waals surface area contributed by atoms with Crippen LogP contribution in [-0.2, 0) is 0 Å². The molecule has 0 aliphatic carbocycles. The Kier molecular flexibility index (Phi) is 7.68. The molecule has 144 valence electrons. The Morgan fingerprint density at radius 3 is 1.66 bits per heavy atom. The number of rotatable bonds is 4. The van der Waals surface area contributed by atoms with Gasteiger partial charge in [0, 0.05) is 16.4 Å². The third kappa shape index (κ3) is 6.99. The van der Waals surface area contributed by atoms with Gasteiger partial charge in [-0.25, -0.2) is 0 Å². The van der Waals surface area contributed by atoms with Crippen LogP contribution in [0.3, 0.4) is 0 Å². The van der Waals surface area contributed by atoms with Crippen molar-refractivity contribution in [2.75, 3.05) is 5.32 Å². The molecule has 2 heteroatoms. The van der Waals surface area contributed by atoms with Gasteiger partial charge in [-0.2, -0.15) is 0 Å². The molecule has 0 atom stereocenters. The van der Waals surface area contributed by atoms with Crippen LogP contribution in [0.5, 0.6) is 0 Å². The van der Waals surface area contributed by atoms with E-state index in [0.29, 0.717) is 0 Å². The molecule has 4 aromatic carbocycles. The van der Waals surface area contributed by atoms with Gasteiger partial charge in [0.15, 0.2) is 0 Å². The minimum atomic E-state index is 0.771. The summed E-state index contributed by atoms with van der Waals surface area (Å²) < 4.78 is 0. The number of para-hydroxylation sites is 2. The second-order valence-corrected chi connectivity index (χ2v) is 7.03. The van der Waals surface area contributed by atoms with Crippen LogP contribution in [0.2, 0.25) is 5.02 Å². The highest BCUT2D eigenvalue weighted by atomic mass is 35.5. The largest absolute Gasteiger partial charge is 0.356 e. The molecule has 0 radical (unpaired) electrons. The fraction of sp³-hybridized carbons (Fsp3) is 0.0370. The maximum Gasteiger partial charge on any atom is 0.0406 e. The fourth-order valence-electron chi connectivity index (χ4n) is 2.74. The van der Waals surface area contributed by atoms with Gasteiger partial charge in [-0.3, -0.25) is 0 Å². The van der Waals surface area contributed by atoms with Crippen LogP contribution in [0.4, 0.5) is 11.4 Å². The Labute approximate surface area is 178 Å². The van der Waals surface area contributed by atoms with E-state index in [-0.39, 0.29) is 0 Å². The minimum absolute atomic E-state index is 0.771. The van der Waals surface area contributed by atoms with E-state index in [1.165, 1.54) is 11.1 Å². The van der Waals surface area contributed by atoms with Gasteiger partial charge in [0.25, 0.3) is 0 Å². The first-order valence-electron chi connectivity index (χ1n) is 9.57. The Hall–Kier alpha value is -3.29. The topological polar surface area (TPSA) is 12.0 Å². The van der Waals surface area contributed by atoms with Gasteiger partial charge in [0.2, 0.25) is 0 Å². The second-order valence-electron chi connectivity index (χ2n) is 6.60. The number of benzene rings is 4. The van der Waals surface area contributed by atoms with Gasteiger partial charge in [0.05, 0.1) is 0 Å². The zero-order chi connectivity index (χ0) is 20.3. The van der Waals surface area contributed by atoms with Crippen molar-refractivity contribution < 1.29 is 0 Å². The molecule has 0 unspecified atom stereocenters. The molecule has 0 saturated carbocycles. The zero-order valence-electron chi connectivity index (χ0n) is 16.4. The van der Waals surface area contributed by atoms with Crippen LogP contribution in [0.1, 0.15) is 16.7 Å². The summed E-state index contributed by atoms with van der Waals surface area (Å²) >= 11 is 5.83. The Balaban J connectivity index is 0.000000169. The molecular formula is C27H24ClN. The van der Waals surface area contributed by atoms with Gasteiger partial charge in [-0.1, -0.05) is 96.5 Å². The van der Waals surface area contributed by atoms with Crippen molar-refractivity contribution in [2.45, 2.75) is 6.92 Å². The molecule has 0 amide bonds. The Morgan fingerprint density at radius 2 is 1.10 bits per heavy atom. The van der Waals surface area contributed by atoms with Crippen molar-refractivity contribution in [3.8, 4) is 0 Å². The molecule has 0 spiro atoms. The quantitative estimate of drug-likeness (QED) is 0.342. The fourth-order valence-corrected chi connectivity index (χ4v) is 2.87. The van der Waals surface area contributed by atoms with E-state index in [4.69, 9.17) is 11.6 Å². The molecule has 0 aliphatic heterocycles. The maximum absolute atomic E-state index is 5.83. The second kappa shape index (κ2) is 10.9. The smallest absolute Gasteiger partial charge is 0.0406 e. The van der Waals surface area contributed by atoms with Crippen LogP contribution in [0, 0.1) is 6.92 Å². The number of anilines is 2. The van der Waals surface area contributed by atoms with Crippen molar-refractivity contribution in [3.63, 3.8) is 0 Å². The molecule has 0 bridgehead atoms. The SMILES string of the molecule is Cc1ccccc1C=Cc1ccc(Cl)cc1.c1ccc(Nc2ccccc2)cc1. The highest BCUT2D eigenvalue weighted by Crippen LogP contribution is 2.15. The first-order valence-corrected chi connectivity index (χ1v) is 9.95. The van der Waals surface area contributed by atoms with E-state index in [2.05, 4.69) is 48.7 Å². The van der Waals surface area contributed by atoms with Crippen LogP contribution in [-0.4, -0.2) is 0 Å². The highest BCUT2D eigenvalue weighted by molar-refractivity contribution is 6.30. The molecule has 29 heavy (non-hydrogen) atoms. The van der Waals surface area contributed by atoms with E-state index in [9.17, 15) is 0 Å². The van der Waals surface area contributed by atoms with Gasteiger partial charge in [-0.05, 0) is 60.0 Å². The normalized spacial score (nSPS) is 10.3. The summed E-state index contributed by atoms with van der Waals surface area (Å²) in [5.74, 6) is 0. The summed E-state index contributed by atoms with van der Waals surface area (Å²) in [6.07, 6.45) is 4.22. The maximum atomic E-state index is 5.83.